The van der Waals surface area contributed by atoms with Crippen LogP contribution >= 0.6 is 11.6 Å². The first-order valence-corrected chi connectivity index (χ1v) is 11.4. The Balaban J connectivity index is 1.75. The molecule has 5 nitrogen and oxygen atoms in total. The maximum Gasteiger partial charge on any atom is 0.261 e. The lowest BCUT2D eigenvalue weighted by Gasteiger charge is -2.31. The van der Waals surface area contributed by atoms with Gasteiger partial charge in [0.05, 0.1) is 0 Å². The molecule has 0 spiro atoms. The number of amides is 2. The smallest absolute Gasteiger partial charge is 0.261 e. The van der Waals surface area contributed by atoms with E-state index in [1.165, 1.54) is 0 Å². The molecule has 0 heterocycles. The molecule has 2 aromatic carbocycles. The van der Waals surface area contributed by atoms with Gasteiger partial charge in [0.15, 0.2) is 6.61 Å². The van der Waals surface area contributed by atoms with E-state index in [1.807, 2.05) is 50.2 Å². The zero-order chi connectivity index (χ0) is 22.2. The summed E-state index contributed by atoms with van der Waals surface area (Å²) in [5.41, 5.74) is 1.98. The maximum absolute atomic E-state index is 13.2. The molecule has 1 saturated carbocycles. The lowest BCUT2D eigenvalue weighted by Crippen LogP contribution is -2.52. The Morgan fingerprint density at radius 3 is 2.52 bits per heavy atom. The fourth-order valence-corrected chi connectivity index (χ4v) is 4.13. The van der Waals surface area contributed by atoms with Gasteiger partial charge in [-0.15, -0.1) is 0 Å². The average molecular weight is 443 g/mol. The largest absolute Gasteiger partial charge is 0.484 e. The summed E-state index contributed by atoms with van der Waals surface area (Å²) in [6.07, 6.45) is 4.81. The fourth-order valence-electron chi connectivity index (χ4n) is 4.01. The summed E-state index contributed by atoms with van der Waals surface area (Å²) in [7, 11) is 0. The Labute approximate surface area is 189 Å². The van der Waals surface area contributed by atoms with Crippen LogP contribution in [0.15, 0.2) is 48.5 Å². The molecule has 0 saturated heterocycles. The summed E-state index contributed by atoms with van der Waals surface area (Å²) in [4.78, 5) is 27.9. The number of nitrogens with one attached hydrogen (secondary N) is 1. The number of aryl methyl sites for hydroxylation is 1. The van der Waals surface area contributed by atoms with Crippen LogP contribution in [0.25, 0.3) is 0 Å². The molecule has 0 aliphatic heterocycles. The number of carbonyl (C=O) groups excluding carboxylic acids is 2. The standard InChI is InChI=1S/C25H31ClN2O3/c1-3-23(25(30)27-21-8-4-5-9-21)28(16-19-11-13-20(26)14-12-19)24(29)17-31-22-10-6-7-18(2)15-22/h6-7,10-15,21,23H,3-5,8-9,16-17H2,1-2H3,(H,27,30). The molecule has 1 fully saturated rings. The summed E-state index contributed by atoms with van der Waals surface area (Å²) in [5.74, 6) is 0.334. The van der Waals surface area contributed by atoms with Crippen molar-refractivity contribution in [2.45, 2.75) is 64.6 Å². The van der Waals surface area contributed by atoms with Crippen LogP contribution < -0.4 is 10.1 Å². The third-order valence-electron chi connectivity index (χ3n) is 5.71. The predicted molar refractivity (Wildman–Crippen MR) is 123 cm³/mol. The van der Waals surface area contributed by atoms with E-state index in [2.05, 4.69) is 5.32 Å². The lowest BCUT2D eigenvalue weighted by molar-refractivity contribution is -0.143. The van der Waals surface area contributed by atoms with Gasteiger partial charge in [-0.2, -0.15) is 0 Å². The molecule has 1 N–H and O–H groups in total. The summed E-state index contributed by atoms with van der Waals surface area (Å²) < 4.78 is 5.75. The first kappa shape index (κ1) is 23.1. The van der Waals surface area contributed by atoms with Gasteiger partial charge in [0.1, 0.15) is 11.8 Å². The van der Waals surface area contributed by atoms with Crippen LogP contribution in [0.1, 0.15) is 50.2 Å². The number of carbonyl (C=O) groups is 2. The van der Waals surface area contributed by atoms with Crippen LogP contribution in [-0.4, -0.2) is 35.4 Å². The van der Waals surface area contributed by atoms with Gasteiger partial charge in [-0.05, 0) is 61.6 Å². The van der Waals surface area contributed by atoms with Crippen LogP contribution in [-0.2, 0) is 16.1 Å². The molecule has 31 heavy (non-hydrogen) atoms. The monoisotopic (exact) mass is 442 g/mol. The molecule has 3 rings (SSSR count). The Kier molecular flexibility index (Phi) is 8.35. The number of nitrogens with zero attached hydrogens (tertiary/aromatic N) is 1. The highest BCUT2D eigenvalue weighted by atomic mass is 35.5. The second-order valence-corrected chi connectivity index (χ2v) is 8.60. The molecule has 1 aliphatic rings. The van der Waals surface area contributed by atoms with Gasteiger partial charge in [0, 0.05) is 17.6 Å². The highest BCUT2D eigenvalue weighted by molar-refractivity contribution is 6.30. The Hall–Kier alpha value is -2.53. The minimum absolute atomic E-state index is 0.0905. The quantitative estimate of drug-likeness (QED) is 0.601. The number of halogens is 1. The zero-order valence-corrected chi connectivity index (χ0v) is 19.0. The predicted octanol–water partition coefficient (Wildman–Crippen LogP) is 4.89. The second-order valence-electron chi connectivity index (χ2n) is 8.17. The average Bonchev–Trinajstić information content (AvgIpc) is 3.26. The van der Waals surface area contributed by atoms with E-state index in [1.54, 1.807) is 17.0 Å². The number of hydrogen-bond donors (Lipinski definition) is 1. The van der Waals surface area contributed by atoms with Crippen molar-refractivity contribution in [3.63, 3.8) is 0 Å². The van der Waals surface area contributed by atoms with Gasteiger partial charge >= 0.3 is 0 Å². The van der Waals surface area contributed by atoms with Crippen molar-refractivity contribution in [1.82, 2.24) is 10.2 Å². The Bertz CT molecular complexity index is 879. The molecular weight excluding hydrogens is 412 g/mol. The Morgan fingerprint density at radius 1 is 1.16 bits per heavy atom. The summed E-state index contributed by atoms with van der Waals surface area (Å²) in [6, 6.07) is 14.6. The highest BCUT2D eigenvalue weighted by Gasteiger charge is 2.30. The zero-order valence-electron chi connectivity index (χ0n) is 18.3. The third-order valence-corrected chi connectivity index (χ3v) is 5.96. The van der Waals surface area contributed by atoms with Crippen LogP contribution in [0.4, 0.5) is 0 Å². The van der Waals surface area contributed by atoms with Crippen molar-refractivity contribution >= 4 is 23.4 Å². The minimum Gasteiger partial charge on any atom is -0.484 e. The van der Waals surface area contributed by atoms with Crippen molar-refractivity contribution in [2.75, 3.05) is 6.61 Å². The molecule has 0 aromatic heterocycles. The van der Waals surface area contributed by atoms with Crippen LogP contribution in [0.3, 0.4) is 0 Å². The molecule has 0 bridgehead atoms. The van der Waals surface area contributed by atoms with Crippen molar-refractivity contribution in [2.24, 2.45) is 0 Å². The summed E-state index contributed by atoms with van der Waals surface area (Å²) in [5, 5.41) is 3.78. The molecule has 2 aromatic rings. The van der Waals surface area contributed by atoms with Gasteiger partial charge in [0.25, 0.3) is 5.91 Å². The van der Waals surface area contributed by atoms with E-state index < -0.39 is 6.04 Å². The minimum atomic E-state index is -0.551. The first-order chi connectivity index (χ1) is 15.0. The molecular formula is C25H31ClN2O3. The van der Waals surface area contributed by atoms with Crippen molar-refractivity contribution in [3.05, 3.63) is 64.7 Å². The molecule has 0 radical (unpaired) electrons. The molecule has 166 valence electrons. The summed E-state index contributed by atoms with van der Waals surface area (Å²) in [6.45, 7) is 4.11. The maximum atomic E-state index is 13.2. The van der Waals surface area contributed by atoms with Crippen molar-refractivity contribution in [1.29, 1.82) is 0 Å². The van der Waals surface area contributed by atoms with Crippen LogP contribution in [0.5, 0.6) is 5.75 Å². The third kappa shape index (κ3) is 6.73. The highest BCUT2D eigenvalue weighted by Crippen LogP contribution is 2.20. The summed E-state index contributed by atoms with van der Waals surface area (Å²) >= 11 is 6.01. The van der Waals surface area contributed by atoms with Gasteiger partial charge in [-0.25, -0.2) is 0 Å². The number of hydrogen-bond acceptors (Lipinski definition) is 3. The number of benzene rings is 2. The molecule has 2 amide bonds. The van der Waals surface area contributed by atoms with Gasteiger partial charge in [-0.3, -0.25) is 9.59 Å². The van der Waals surface area contributed by atoms with Gasteiger partial charge in [0.2, 0.25) is 5.91 Å². The molecule has 1 aliphatic carbocycles. The van der Waals surface area contributed by atoms with Crippen LogP contribution in [0, 0.1) is 6.92 Å². The van der Waals surface area contributed by atoms with Gasteiger partial charge in [-0.1, -0.05) is 55.6 Å². The second kappa shape index (κ2) is 11.2. The number of rotatable bonds is 9. The molecule has 6 heteroatoms. The normalized spacial score (nSPS) is 14.8. The SMILES string of the molecule is CCC(C(=O)NC1CCCC1)N(Cc1ccc(Cl)cc1)C(=O)COc1cccc(C)c1. The van der Waals surface area contributed by atoms with Gasteiger partial charge < -0.3 is 15.0 Å². The molecule has 1 atom stereocenters. The number of ether oxygens (including phenoxy) is 1. The van der Waals surface area contributed by atoms with E-state index in [0.717, 1.165) is 36.8 Å². The van der Waals surface area contributed by atoms with E-state index in [4.69, 9.17) is 16.3 Å². The lowest BCUT2D eigenvalue weighted by atomic mass is 10.1. The van der Waals surface area contributed by atoms with Crippen molar-refractivity contribution < 1.29 is 14.3 Å². The molecule has 1 unspecified atom stereocenters. The fraction of sp³-hybridized carbons (Fsp3) is 0.440. The van der Waals surface area contributed by atoms with E-state index >= 15 is 0 Å². The van der Waals surface area contributed by atoms with Crippen LogP contribution in [0.2, 0.25) is 5.02 Å². The van der Waals surface area contributed by atoms with E-state index in [0.29, 0.717) is 23.7 Å². The van der Waals surface area contributed by atoms with E-state index in [9.17, 15) is 9.59 Å². The first-order valence-electron chi connectivity index (χ1n) is 11.0. The van der Waals surface area contributed by atoms with Crippen molar-refractivity contribution in [3.8, 4) is 5.75 Å². The topological polar surface area (TPSA) is 58.6 Å². The Morgan fingerprint density at radius 2 is 1.87 bits per heavy atom. The van der Waals surface area contributed by atoms with E-state index in [-0.39, 0.29) is 24.5 Å².